The molecular weight excluding hydrogens is 208 g/mol. The normalized spacial score (nSPS) is 19.2. The smallest absolute Gasteiger partial charge is 0.355 e. The second kappa shape index (κ2) is 3.52. The van der Waals surface area contributed by atoms with E-state index in [4.69, 9.17) is 9.84 Å². The molecule has 3 rings (SSSR count). The van der Waals surface area contributed by atoms with Gasteiger partial charge in [0.05, 0.1) is 18.9 Å². The third-order valence-corrected chi connectivity index (χ3v) is 2.98. The lowest BCUT2D eigenvalue weighted by Gasteiger charge is -2.17. The molecule has 1 saturated carbocycles. The number of carboxylic acid groups (broad SMARTS) is 1. The van der Waals surface area contributed by atoms with Gasteiger partial charge in [0, 0.05) is 17.9 Å². The molecular formula is C11H12N2O3. The number of fused-ring (bicyclic) bond motifs is 1. The molecule has 1 aromatic heterocycles. The predicted molar refractivity (Wildman–Crippen MR) is 54.3 cm³/mol. The van der Waals surface area contributed by atoms with Crippen molar-refractivity contribution in [1.82, 2.24) is 9.97 Å². The van der Waals surface area contributed by atoms with Crippen LogP contribution in [0.3, 0.4) is 0 Å². The standard InChI is InChI=1S/C11H12N2O3/c14-11(15)9-7-5-16-4-3-8(7)12-10(13-9)6-1-2-6/h6H,1-5H2,(H,14,15). The number of carboxylic acids is 1. The number of hydrogen-bond acceptors (Lipinski definition) is 4. The highest BCUT2D eigenvalue weighted by Gasteiger charge is 2.30. The van der Waals surface area contributed by atoms with Crippen LogP contribution in [0.4, 0.5) is 0 Å². The predicted octanol–water partition coefficient (Wildman–Crippen LogP) is 1.12. The highest BCUT2D eigenvalue weighted by Crippen LogP contribution is 2.38. The first-order valence-corrected chi connectivity index (χ1v) is 5.46. The van der Waals surface area contributed by atoms with E-state index in [1.807, 2.05) is 0 Å². The molecule has 1 fully saturated rings. The summed E-state index contributed by atoms with van der Waals surface area (Å²) in [6, 6.07) is 0. The largest absolute Gasteiger partial charge is 0.476 e. The molecule has 1 N–H and O–H groups in total. The lowest BCUT2D eigenvalue weighted by molar-refractivity contribution is 0.0671. The quantitative estimate of drug-likeness (QED) is 0.808. The van der Waals surface area contributed by atoms with Crippen molar-refractivity contribution in [2.24, 2.45) is 0 Å². The van der Waals surface area contributed by atoms with Crippen molar-refractivity contribution in [3.05, 3.63) is 22.8 Å². The minimum absolute atomic E-state index is 0.131. The van der Waals surface area contributed by atoms with Gasteiger partial charge in [0.15, 0.2) is 5.69 Å². The Balaban J connectivity index is 2.12. The molecule has 0 aromatic carbocycles. The molecule has 1 aliphatic carbocycles. The van der Waals surface area contributed by atoms with E-state index in [-0.39, 0.29) is 5.69 Å². The fourth-order valence-corrected chi connectivity index (χ4v) is 1.95. The van der Waals surface area contributed by atoms with Gasteiger partial charge in [0.25, 0.3) is 0 Å². The van der Waals surface area contributed by atoms with Crippen molar-refractivity contribution >= 4 is 5.97 Å². The zero-order valence-electron chi connectivity index (χ0n) is 8.77. The van der Waals surface area contributed by atoms with Crippen molar-refractivity contribution in [3.8, 4) is 0 Å². The first kappa shape index (κ1) is 9.72. The van der Waals surface area contributed by atoms with E-state index < -0.39 is 5.97 Å². The van der Waals surface area contributed by atoms with Crippen molar-refractivity contribution < 1.29 is 14.6 Å². The molecule has 2 aliphatic rings. The van der Waals surface area contributed by atoms with Crippen molar-refractivity contribution in [2.45, 2.75) is 31.8 Å². The Kier molecular flexibility index (Phi) is 2.14. The van der Waals surface area contributed by atoms with Crippen LogP contribution in [0.25, 0.3) is 0 Å². The molecule has 0 amide bonds. The minimum Gasteiger partial charge on any atom is -0.476 e. The zero-order valence-corrected chi connectivity index (χ0v) is 8.77. The fraction of sp³-hybridized carbons (Fsp3) is 0.545. The minimum atomic E-state index is -0.981. The SMILES string of the molecule is O=C(O)c1nc(C2CC2)nc2c1COCC2. The summed E-state index contributed by atoms with van der Waals surface area (Å²) in [5, 5.41) is 9.12. The molecule has 5 nitrogen and oxygen atoms in total. The third kappa shape index (κ3) is 1.57. The van der Waals surface area contributed by atoms with E-state index in [0.717, 1.165) is 18.5 Å². The zero-order chi connectivity index (χ0) is 11.1. The Morgan fingerprint density at radius 2 is 2.19 bits per heavy atom. The van der Waals surface area contributed by atoms with E-state index in [9.17, 15) is 4.79 Å². The van der Waals surface area contributed by atoms with Crippen LogP contribution in [0, 0.1) is 0 Å². The van der Waals surface area contributed by atoms with Crippen LogP contribution in [-0.4, -0.2) is 27.7 Å². The first-order chi connectivity index (χ1) is 7.75. The molecule has 84 valence electrons. The second-order valence-electron chi connectivity index (χ2n) is 4.24. The first-order valence-electron chi connectivity index (χ1n) is 5.46. The van der Waals surface area contributed by atoms with Crippen molar-refractivity contribution in [1.29, 1.82) is 0 Å². The summed E-state index contributed by atoms with van der Waals surface area (Å²) in [6.07, 6.45) is 2.85. The molecule has 1 aliphatic heterocycles. The number of carbonyl (C=O) groups is 1. The van der Waals surface area contributed by atoms with Gasteiger partial charge in [-0.3, -0.25) is 0 Å². The third-order valence-electron chi connectivity index (χ3n) is 2.98. The lowest BCUT2D eigenvalue weighted by Crippen LogP contribution is -2.19. The summed E-state index contributed by atoms with van der Waals surface area (Å²) in [7, 11) is 0. The van der Waals surface area contributed by atoms with Crippen LogP contribution in [0.1, 0.15) is 46.3 Å². The highest BCUT2D eigenvalue weighted by molar-refractivity contribution is 5.87. The molecule has 1 aromatic rings. The van der Waals surface area contributed by atoms with Gasteiger partial charge in [-0.1, -0.05) is 0 Å². The summed E-state index contributed by atoms with van der Waals surface area (Å²) in [5.74, 6) is 0.107. The monoisotopic (exact) mass is 220 g/mol. The summed E-state index contributed by atoms with van der Waals surface area (Å²) in [5.41, 5.74) is 1.65. The van der Waals surface area contributed by atoms with Gasteiger partial charge in [-0.15, -0.1) is 0 Å². The van der Waals surface area contributed by atoms with Gasteiger partial charge >= 0.3 is 5.97 Å². The molecule has 0 spiro atoms. The molecule has 0 unspecified atom stereocenters. The lowest BCUT2D eigenvalue weighted by atomic mass is 10.1. The Bertz CT molecular complexity index is 455. The van der Waals surface area contributed by atoms with Gasteiger partial charge in [-0.05, 0) is 12.8 Å². The highest BCUT2D eigenvalue weighted by atomic mass is 16.5. The summed E-state index contributed by atoms with van der Waals surface area (Å²) < 4.78 is 5.26. The van der Waals surface area contributed by atoms with Gasteiger partial charge in [0.2, 0.25) is 0 Å². The number of ether oxygens (including phenoxy) is 1. The molecule has 0 radical (unpaired) electrons. The van der Waals surface area contributed by atoms with Crippen LogP contribution in [-0.2, 0) is 17.8 Å². The van der Waals surface area contributed by atoms with Gasteiger partial charge in [-0.2, -0.15) is 0 Å². The Hall–Kier alpha value is -1.49. The Morgan fingerprint density at radius 1 is 1.38 bits per heavy atom. The Labute approximate surface area is 92.5 Å². The van der Waals surface area contributed by atoms with Gasteiger partial charge in [-0.25, -0.2) is 14.8 Å². The molecule has 0 atom stereocenters. The van der Waals surface area contributed by atoms with E-state index in [0.29, 0.717) is 36.9 Å². The maximum atomic E-state index is 11.1. The number of nitrogens with zero attached hydrogens (tertiary/aromatic N) is 2. The molecule has 0 saturated heterocycles. The fourth-order valence-electron chi connectivity index (χ4n) is 1.95. The number of aromatic carboxylic acids is 1. The van der Waals surface area contributed by atoms with Gasteiger partial charge in [0.1, 0.15) is 5.82 Å². The number of rotatable bonds is 2. The second-order valence-corrected chi connectivity index (χ2v) is 4.24. The molecule has 5 heteroatoms. The molecule has 2 heterocycles. The van der Waals surface area contributed by atoms with Crippen LogP contribution in [0.5, 0.6) is 0 Å². The summed E-state index contributed by atoms with van der Waals surface area (Å²) >= 11 is 0. The molecule has 16 heavy (non-hydrogen) atoms. The summed E-state index contributed by atoms with van der Waals surface area (Å²) in [4.78, 5) is 19.7. The molecule has 0 bridgehead atoms. The number of aromatic nitrogens is 2. The van der Waals surface area contributed by atoms with Crippen LogP contribution in [0.15, 0.2) is 0 Å². The Morgan fingerprint density at radius 3 is 2.88 bits per heavy atom. The number of hydrogen-bond donors (Lipinski definition) is 1. The maximum absolute atomic E-state index is 11.1. The summed E-state index contributed by atoms with van der Waals surface area (Å²) in [6.45, 7) is 0.940. The van der Waals surface area contributed by atoms with Crippen LogP contribution < -0.4 is 0 Å². The van der Waals surface area contributed by atoms with E-state index >= 15 is 0 Å². The van der Waals surface area contributed by atoms with Crippen molar-refractivity contribution in [2.75, 3.05) is 6.61 Å². The van der Waals surface area contributed by atoms with Crippen LogP contribution >= 0.6 is 0 Å². The van der Waals surface area contributed by atoms with Crippen molar-refractivity contribution in [3.63, 3.8) is 0 Å². The average Bonchev–Trinajstić information content (AvgIpc) is 3.11. The van der Waals surface area contributed by atoms with E-state index in [2.05, 4.69) is 9.97 Å². The van der Waals surface area contributed by atoms with Gasteiger partial charge < -0.3 is 9.84 Å². The van der Waals surface area contributed by atoms with E-state index in [1.165, 1.54) is 0 Å². The average molecular weight is 220 g/mol. The van der Waals surface area contributed by atoms with E-state index in [1.54, 1.807) is 0 Å². The maximum Gasteiger partial charge on any atom is 0.355 e. The van der Waals surface area contributed by atoms with Crippen LogP contribution in [0.2, 0.25) is 0 Å². The topological polar surface area (TPSA) is 72.3 Å².